The first-order valence-corrected chi connectivity index (χ1v) is 6.34. The minimum Gasteiger partial charge on any atom is -0.459 e. The SMILES string of the molecule is CC(=NNC(=O)c1ccco1)C(C)=NNC(=O)c1ccco1. The number of furan rings is 2. The summed E-state index contributed by atoms with van der Waals surface area (Å²) in [5.74, 6) is -0.650. The van der Waals surface area contributed by atoms with Crippen LogP contribution in [-0.2, 0) is 0 Å². The largest absolute Gasteiger partial charge is 0.459 e. The highest BCUT2D eigenvalue weighted by Gasteiger charge is 2.09. The van der Waals surface area contributed by atoms with Crippen LogP contribution in [0.3, 0.4) is 0 Å². The summed E-state index contributed by atoms with van der Waals surface area (Å²) in [5.41, 5.74) is 5.51. The molecule has 8 nitrogen and oxygen atoms in total. The molecule has 2 N–H and O–H groups in total. The quantitative estimate of drug-likeness (QED) is 0.648. The normalized spacial score (nSPS) is 12.1. The van der Waals surface area contributed by atoms with Gasteiger partial charge in [0.2, 0.25) is 0 Å². The third-order valence-corrected chi connectivity index (χ3v) is 2.66. The first kappa shape index (κ1) is 15.2. The number of nitrogens with one attached hydrogen (secondary N) is 2. The van der Waals surface area contributed by atoms with Gasteiger partial charge in [0.1, 0.15) is 0 Å². The summed E-state index contributed by atoms with van der Waals surface area (Å²) in [5, 5.41) is 7.74. The first-order chi connectivity index (χ1) is 10.6. The Hall–Kier alpha value is -3.16. The Morgan fingerprint density at radius 2 is 1.27 bits per heavy atom. The van der Waals surface area contributed by atoms with Crippen molar-refractivity contribution in [3.8, 4) is 0 Å². The zero-order valence-electron chi connectivity index (χ0n) is 12.0. The molecule has 114 valence electrons. The van der Waals surface area contributed by atoms with Gasteiger partial charge in [-0.3, -0.25) is 9.59 Å². The number of nitrogens with zero attached hydrogens (tertiary/aromatic N) is 2. The van der Waals surface area contributed by atoms with E-state index in [4.69, 9.17) is 8.83 Å². The summed E-state index contributed by atoms with van der Waals surface area (Å²) in [6.07, 6.45) is 2.78. The van der Waals surface area contributed by atoms with Gasteiger partial charge >= 0.3 is 11.8 Å². The van der Waals surface area contributed by atoms with Crippen molar-refractivity contribution in [3.63, 3.8) is 0 Å². The van der Waals surface area contributed by atoms with Crippen molar-refractivity contribution in [2.75, 3.05) is 0 Å². The van der Waals surface area contributed by atoms with Crippen LogP contribution in [0.4, 0.5) is 0 Å². The molecule has 2 rings (SSSR count). The van der Waals surface area contributed by atoms with Gasteiger partial charge in [0.15, 0.2) is 11.5 Å². The van der Waals surface area contributed by atoms with Gasteiger partial charge in [-0.05, 0) is 38.1 Å². The Labute approximate surface area is 125 Å². The van der Waals surface area contributed by atoms with Crippen molar-refractivity contribution < 1.29 is 18.4 Å². The van der Waals surface area contributed by atoms with Crippen LogP contribution in [0.1, 0.15) is 35.0 Å². The topological polar surface area (TPSA) is 109 Å². The molecule has 0 fully saturated rings. The molecule has 22 heavy (non-hydrogen) atoms. The van der Waals surface area contributed by atoms with Crippen LogP contribution in [0.2, 0.25) is 0 Å². The smallest absolute Gasteiger partial charge is 0.307 e. The summed E-state index contributed by atoms with van der Waals surface area (Å²) >= 11 is 0. The standard InChI is InChI=1S/C14H14N4O4/c1-9(15-17-13(19)11-5-3-7-21-11)10(2)16-18-14(20)12-6-4-8-22-12/h3-8H,1-2H3,(H,17,19)(H,18,20). The van der Waals surface area contributed by atoms with Crippen LogP contribution in [0.5, 0.6) is 0 Å². The second-order valence-corrected chi connectivity index (χ2v) is 4.23. The summed E-state index contributed by atoms with van der Waals surface area (Å²) in [7, 11) is 0. The van der Waals surface area contributed by atoms with Gasteiger partial charge in [0, 0.05) is 0 Å². The van der Waals surface area contributed by atoms with E-state index in [0.29, 0.717) is 11.4 Å². The molecule has 2 aromatic rings. The van der Waals surface area contributed by atoms with E-state index >= 15 is 0 Å². The van der Waals surface area contributed by atoms with Gasteiger partial charge in [0.05, 0.1) is 23.9 Å². The summed E-state index contributed by atoms with van der Waals surface area (Å²) < 4.78 is 9.86. The fourth-order valence-corrected chi connectivity index (χ4v) is 1.36. The predicted octanol–water partition coefficient (Wildman–Crippen LogP) is 1.78. The molecule has 0 bridgehead atoms. The van der Waals surface area contributed by atoms with Gasteiger partial charge in [-0.15, -0.1) is 0 Å². The number of carbonyl (C=O) groups is 2. The predicted molar refractivity (Wildman–Crippen MR) is 78.6 cm³/mol. The minimum absolute atomic E-state index is 0.150. The van der Waals surface area contributed by atoms with Crippen molar-refractivity contribution in [1.82, 2.24) is 10.9 Å². The molecular weight excluding hydrogens is 288 g/mol. The third-order valence-electron chi connectivity index (χ3n) is 2.66. The number of carbonyl (C=O) groups excluding carboxylic acids is 2. The third kappa shape index (κ3) is 3.92. The summed E-state index contributed by atoms with van der Waals surface area (Å²) in [6.45, 7) is 3.28. The van der Waals surface area contributed by atoms with Crippen molar-refractivity contribution in [2.24, 2.45) is 10.2 Å². The van der Waals surface area contributed by atoms with Crippen LogP contribution in [-0.4, -0.2) is 23.2 Å². The molecular formula is C14H14N4O4. The summed E-state index contributed by atoms with van der Waals surface area (Å²) in [4.78, 5) is 23.2. The van der Waals surface area contributed by atoms with Crippen molar-refractivity contribution in [3.05, 3.63) is 48.3 Å². The number of hydrogen-bond acceptors (Lipinski definition) is 6. The number of amides is 2. The maximum absolute atomic E-state index is 11.6. The van der Waals surface area contributed by atoms with Crippen LogP contribution < -0.4 is 10.9 Å². The Kier molecular flexibility index (Phi) is 4.86. The maximum Gasteiger partial charge on any atom is 0.307 e. The second-order valence-electron chi connectivity index (χ2n) is 4.23. The molecule has 2 amide bonds. The molecule has 8 heteroatoms. The van der Waals surface area contributed by atoms with Crippen LogP contribution in [0.25, 0.3) is 0 Å². The fraction of sp³-hybridized carbons (Fsp3) is 0.143. The van der Waals surface area contributed by atoms with E-state index in [-0.39, 0.29) is 11.5 Å². The van der Waals surface area contributed by atoms with Gasteiger partial charge in [-0.2, -0.15) is 10.2 Å². The molecule has 2 heterocycles. The highest BCUT2D eigenvalue weighted by molar-refractivity contribution is 6.40. The lowest BCUT2D eigenvalue weighted by atomic mass is 10.3. The lowest BCUT2D eigenvalue weighted by Crippen LogP contribution is -2.23. The van der Waals surface area contributed by atoms with Gasteiger partial charge in [-0.25, -0.2) is 10.9 Å². The highest BCUT2D eigenvalue weighted by atomic mass is 16.3. The molecule has 0 aromatic carbocycles. The number of rotatable bonds is 5. The number of hydrogen-bond donors (Lipinski definition) is 2. The highest BCUT2D eigenvalue weighted by Crippen LogP contribution is 2.00. The van der Waals surface area contributed by atoms with E-state index in [9.17, 15) is 9.59 Å². The van der Waals surface area contributed by atoms with Crippen molar-refractivity contribution in [2.45, 2.75) is 13.8 Å². The molecule has 0 saturated heterocycles. The molecule has 0 aliphatic rings. The first-order valence-electron chi connectivity index (χ1n) is 6.34. The van der Waals surface area contributed by atoms with Crippen LogP contribution in [0.15, 0.2) is 55.8 Å². The molecule has 0 spiro atoms. The van der Waals surface area contributed by atoms with Crippen molar-refractivity contribution in [1.29, 1.82) is 0 Å². The van der Waals surface area contributed by atoms with Crippen LogP contribution in [0, 0.1) is 0 Å². The van der Waals surface area contributed by atoms with Crippen LogP contribution >= 0.6 is 0 Å². The lowest BCUT2D eigenvalue weighted by molar-refractivity contribution is 0.0919. The van der Waals surface area contributed by atoms with E-state index in [1.54, 1.807) is 26.0 Å². The average Bonchev–Trinajstić information content (AvgIpc) is 3.22. The monoisotopic (exact) mass is 302 g/mol. The molecule has 0 saturated carbocycles. The van der Waals surface area contributed by atoms with E-state index in [1.807, 2.05) is 0 Å². The lowest BCUT2D eigenvalue weighted by Gasteiger charge is -2.02. The van der Waals surface area contributed by atoms with E-state index in [1.165, 1.54) is 24.7 Å². The summed E-state index contributed by atoms with van der Waals surface area (Å²) in [6, 6.07) is 6.24. The average molecular weight is 302 g/mol. The van der Waals surface area contributed by atoms with Gasteiger partial charge < -0.3 is 8.83 Å². The van der Waals surface area contributed by atoms with E-state index < -0.39 is 11.8 Å². The Balaban J connectivity index is 1.91. The Bertz CT molecular complexity index is 637. The minimum atomic E-state index is -0.475. The Morgan fingerprint density at radius 3 is 1.59 bits per heavy atom. The van der Waals surface area contributed by atoms with Crippen molar-refractivity contribution >= 4 is 23.2 Å². The zero-order valence-corrected chi connectivity index (χ0v) is 12.0. The molecule has 0 aliphatic carbocycles. The molecule has 0 atom stereocenters. The second kappa shape index (κ2) is 7.02. The van der Waals surface area contributed by atoms with E-state index in [0.717, 1.165) is 0 Å². The Morgan fingerprint density at radius 1 is 0.864 bits per heavy atom. The van der Waals surface area contributed by atoms with Gasteiger partial charge in [0.25, 0.3) is 0 Å². The fourth-order valence-electron chi connectivity index (χ4n) is 1.36. The molecule has 2 aromatic heterocycles. The number of hydrazone groups is 2. The maximum atomic E-state index is 11.6. The molecule has 0 aliphatic heterocycles. The molecule has 0 radical (unpaired) electrons. The van der Waals surface area contributed by atoms with Gasteiger partial charge in [-0.1, -0.05) is 0 Å². The zero-order chi connectivity index (χ0) is 15.9. The van der Waals surface area contributed by atoms with E-state index in [2.05, 4.69) is 21.1 Å². The molecule has 0 unspecified atom stereocenters.